The molecular weight excluding hydrogens is 278 g/mol. The first kappa shape index (κ1) is 17.5. The van der Waals surface area contributed by atoms with Crippen LogP contribution in [0.5, 0.6) is 0 Å². The van der Waals surface area contributed by atoms with Crippen molar-refractivity contribution in [2.75, 3.05) is 40.0 Å². The number of nitrogens with zero attached hydrogens (tertiary/aromatic N) is 1. The van der Waals surface area contributed by atoms with E-state index in [4.69, 9.17) is 14.5 Å². The molecule has 0 unspecified atom stereocenters. The molecule has 2 rings (SSSR count). The van der Waals surface area contributed by atoms with Crippen LogP contribution in [0.25, 0.3) is 0 Å². The molecule has 128 valence electrons. The summed E-state index contributed by atoms with van der Waals surface area (Å²) in [5.41, 5.74) is 0.341. The first-order chi connectivity index (χ1) is 10.7. The van der Waals surface area contributed by atoms with Crippen LogP contribution < -0.4 is 10.6 Å². The maximum absolute atomic E-state index is 5.78. The van der Waals surface area contributed by atoms with Gasteiger partial charge in [0.2, 0.25) is 0 Å². The van der Waals surface area contributed by atoms with Crippen molar-refractivity contribution in [2.45, 2.75) is 58.0 Å². The van der Waals surface area contributed by atoms with Crippen LogP contribution in [0.3, 0.4) is 0 Å². The molecule has 0 aromatic carbocycles. The van der Waals surface area contributed by atoms with Gasteiger partial charge in [-0.2, -0.15) is 0 Å². The summed E-state index contributed by atoms with van der Waals surface area (Å²) in [6.45, 7) is 8.56. The lowest BCUT2D eigenvalue weighted by Crippen LogP contribution is -2.51. The highest BCUT2D eigenvalue weighted by Crippen LogP contribution is 2.43. The van der Waals surface area contributed by atoms with Gasteiger partial charge in [-0.05, 0) is 31.6 Å². The van der Waals surface area contributed by atoms with Crippen LogP contribution in [0, 0.1) is 5.41 Å². The van der Waals surface area contributed by atoms with Gasteiger partial charge in [0.1, 0.15) is 0 Å². The monoisotopic (exact) mass is 311 g/mol. The summed E-state index contributed by atoms with van der Waals surface area (Å²) < 4.78 is 11.2. The lowest BCUT2D eigenvalue weighted by atomic mass is 9.67. The Morgan fingerprint density at radius 3 is 2.36 bits per heavy atom. The third-order valence-corrected chi connectivity index (χ3v) is 5.50. The van der Waals surface area contributed by atoms with Crippen molar-refractivity contribution < 1.29 is 9.47 Å². The minimum atomic E-state index is -0.118. The Hall–Kier alpha value is -0.810. The Kier molecular flexibility index (Phi) is 6.50. The molecule has 1 heterocycles. The van der Waals surface area contributed by atoms with Gasteiger partial charge in [0.05, 0.1) is 5.60 Å². The summed E-state index contributed by atoms with van der Waals surface area (Å²) in [6.07, 6.45) is 7.12. The van der Waals surface area contributed by atoms with Crippen LogP contribution in [0.15, 0.2) is 4.99 Å². The fourth-order valence-corrected chi connectivity index (χ4v) is 3.33. The Bertz CT molecular complexity index is 355. The van der Waals surface area contributed by atoms with Crippen molar-refractivity contribution in [3.8, 4) is 0 Å². The van der Waals surface area contributed by atoms with E-state index in [0.29, 0.717) is 5.41 Å². The molecule has 1 aliphatic heterocycles. The van der Waals surface area contributed by atoms with Crippen LogP contribution in [-0.2, 0) is 9.47 Å². The highest BCUT2D eigenvalue weighted by atomic mass is 16.5. The Morgan fingerprint density at radius 2 is 1.86 bits per heavy atom. The van der Waals surface area contributed by atoms with E-state index in [2.05, 4.69) is 24.5 Å². The molecule has 0 aromatic heterocycles. The van der Waals surface area contributed by atoms with Crippen molar-refractivity contribution >= 4 is 5.96 Å². The quantitative estimate of drug-likeness (QED) is 0.560. The summed E-state index contributed by atoms with van der Waals surface area (Å²) in [5.74, 6) is 0.921. The maximum atomic E-state index is 5.78. The van der Waals surface area contributed by atoms with E-state index in [0.717, 1.165) is 51.6 Å². The number of nitrogens with one attached hydrogen (secondary N) is 2. The summed E-state index contributed by atoms with van der Waals surface area (Å²) in [5, 5.41) is 6.85. The molecule has 1 saturated carbocycles. The first-order valence-electron chi connectivity index (χ1n) is 8.83. The molecule has 0 radical (unpaired) electrons. The maximum Gasteiger partial charge on any atom is 0.191 e. The van der Waals surface area contributed by atoms with E-state index in [1.54, 1.807) is 7.11 Å². The zero-order valence-corrected chi connectivity index (χ0v) is 14.5. The van der Waals surface area contributed by atoms with Crippen molar-refractivity contribution in [3.05, 3.63) is 0 Å². The van der Waals surface area contributed by atoms with Crippen molar-refractivity contribution in [2.24, 2.45) is 10.4 Å². The van der Waals surface area contributed by atoms with Gasteiger partial charge in [-0.25, -0.2) is 0 Å². The average Bonchev–Trinajstić information content (AvgIpc) is 2.52. The molecule has 1 aliphatic carbocycles. The van der Waals surface area contributed by atoms with Crippen LogP contribution in [0.1, 0.15) is 52.4 Å². The molecule has 22 heavy (non-hydrogen) atoms. The van der Waals surface area contributed by atoms with Gasteiger partial charge in [0.15, 0.2) is 5.96 Å². The van der Waals surface area contributed by atoms with Crippen molar-refractivity contribution in [1.29, 1.82) is 0 Å². The Morgan fingerprint density at radius 1 is 1.14 bits per heavy atom. The van der Waals surface area contributed by atoms with E-state index in [-0.39, 0.29) is 5.60 Å². The van der Waals surface area contributed by atoms with Gasteiger partial charge in [-0.15, -0.1) is 0 Å². The number of ether oxygens (including phenoxy) is 2. The fraction of sp³-hybridized carbons (Fsp3) is 0.941. The number of methoxy groups -OCH3 is 1. The van der Waals surface area contributed by atoms with Crippen LogP contribution >= 0.6 is 0 Å². The minimum absolute atomic E-state index is 0.118. The molecule has 5 heteroatoms. The van der Waals surface area contributed by atoms with E-state index in [1.165, 1.54) is 25.7 Å². The third-order valence-electron chi connectivity index (χ3n) is 5.50. The predicted molar refractivity (Wildman–Crippen MR) is 90.3 cm³/mol. The van der Waals surface area contributed by atoms with Crippen LogP contribution in [0.4, 0.5) is 0 Å². The predicted octanol–water partition coefficient (Wildman–Crippen LogP) is 2.32. The van der Waals surface area contributed by atoms with E-state index in [1.807, 2.05) is 0 Å². The smallest absolute Gasteiger partial charge is 0.191 e. The summed E-state index contributed by atoms with van der Waals surface area (Å²) in [6, 6.07) is 0. The largest absolute Gasteiger partial charge is 0.381 e. The molecule has 0 atom stereocenters. The zero-order valence-electron chi connectivity index (χ0n) is 14.5. The van der Waals surface area contributed by atoms with E-state index >= 15 is 0 Å². The molecule has 5 nitrogen and oxygen atoms in total. The molecule has 0 bridgehead atoms. The van der Waals surface area contributed by atoms with Gasteiger partial charge in [0, 0.05) is 52.8 Å². The summed E-state index contributed by atoms with van der Waals surface area (Å²) in [4.78, 5) is 4.84. The average molecular weight is 311 g/mol. The number of hydrogen-bond donors (Lipinski definition) is 2. The second kappa shape index (κ2) is 8.16. The minimum Gasteiger partial charge on any atom is -0.381 e. The summed E-state index contributed by atoms with van der Waals surface area (Å²) >= 11 is 0. The number of aliphatic imine (C=N–C) groups is 1. The van der Waals surface area contributed by atoms with Crippen molar-refractivity contribution in [1.82, 2.24) is 10.6 Å². The SMILES string of the molecule is CCNC(=NCC1(CC)CCC1)NCC1(OC)CCOCC1. The van der Waals surface area contributed by atoms with E-state index in [9.17, 15) is 0 Å². The van der Waals surface area contributed by atoms with E-state index < -0.39 is 0 Å². The second-order valence-corrected chi connectivity index (χ2v) is 6.76. The van der Waals surface area contributed by atoms with Crippen molar-refractivity contribution in [3.63, 3.8) is 0 Å². The third kappa shape index (κ3) is 4.35. The van der Waals surface area contributed by atoms with Gasteiger partial charge < -0.3 is 20.1 Å². The number of guanidine groups is 1. The number of hydrogen-bond acceptors (Lipinski definition) is 3. The van der Waals surface area contributed by atoms with Gasteiger partial charge in [-0.3, -0.25) is 4.99 Å². The van der Waals surface area contributed by atoms with Crippen LogP contribution in [-0.4, -0.2) is 51.5 Å². The topological polar surface area (TPSA) is 54.9 Å². The molecule has 0 spiro atoms. The molecule has 2 aliphatic rings. The zero-order chi connectivity index (χ0) is 15.9. The lowest BCUT2D eigenvalue weighted by Gasteiger charge is -2.40. The first-order valence-corrected chi connectivity index (χ1v) is 8.83. The van der Waals surface area contributed by atoms with Gasteiger partial charge in [0.25, 0.3) is 0 Å². The number of rotatable bonds is 7. The van der Waals surface area contributed by atoms with Crippen LogP contribution in [0.2, 0.25) is 0 Å². The van der Waals surface area contributed by atoms with Gasteiger partial charge in [-0.1, -0.05) is 13.3 Å². The molecule has 2 N–H and O–H groups in total. The Balaban J connectivity index is 1.90. The highest BCUT2D eigenvalue weighted by Gasteiger charge is 2.35. The molecule has 0 amide bonds. The van der Waals surface area contributed by atoms with Gasteiger partial charge >= 0.3 is 0 Å². The highest BCUT2D eigenvalue weighted by molar-refractivity contribution is 5.79. The molecule has 2 fully saturated rings. The fourth-order valence-electron chi connectivity index (χ4n) is 3.33. The summed E-state index contributed by atoms with van der Waals surface area (Å²) in [7, 11) is 1.80. The molecule has 1 saturated heterocycles. The standard InChI is InChI=1S/C17H33N3O2/c1-4-16(7-6-8-16)13-19-15(18-5-2)20-14-17(21-3)9-11-22-12-10-17/h4-14H2,1-3H3,(H2,18,19,20). The normalized spacial score (nSPS) is 23.7. The Labute approximate surface area is 135 Å². The second-order valence-electron chi connectivity index (χ2n) is 6.76. The molecule has 0 aromatic rings. The lowest BCUT2D eigenvalue weighted by molar-refractivity contribution is -0.0855. The molecular formula is C17H33N3O2.